The van der Waals surface area contributed by atoms with Crippen molar-refractivity contribution in [2.24, 2.45) is 5.14 Å². The summed E-state index contributed by atoms with van der Waals surface area (Å²) < 4.78 is 23.9. The number of rotatable bonds is 2. The van der Waals surface area contributed by atoms with Crippen LogP contribution in [0, 0.1) is 3.57 Å². The van der Waals surface area contributed by atoms with E-state index in [2.05, 4.69) is 22.6 Å². The summed E-state index contributed by atoms with van der Waals surface area (Å²) in [6, 6.07) is 7.08. The van der Waals surface area contributed by atoms with Crippen LogP contribution < -0.4 is 9.44 Å². The van der Waals surface area contributed by atoms with Crippen molar-refractivity contribution >= 4 is 38.5 Å². The fraction of sp³-hybridized carbons (Fsp3) is 0.143. The van der Waals surface area contributed by atoms with Crippen LogP contribution in [0.4, 0.5) is 5.69 Å². The monoisotopic (exact) mass is 312 g/mol. The molecule has 0 heterocycles. The maximum Gasteiger partial charge on any atom is 0.298 e. The molecule has 0 spiro atoms. The van der Waals surface area contributed by atoms with E-state index in [1.807, 2.05) is 6.07 Å². The van der Waals surface area contributed by atoms with Gasteiger partial charge in [0.25, 0.3) is 10.2 Å². The van der Waals surface area contributed by atoms with Crippen LogP contribution in [0.2, 0.25) is 0 Å². The van der Waals surface area contributed by atoms with Crippen LogP contribution in [-0.2, 0) is 10.2 Å². The van der Waals surface area contributed by atoms with Crippen LogP contribution in [0.1, 0.15) is 0 Å². The standard InChI is InChI=1S/C7H9IN2O2S/c1-10(13(9,11)12)7-4-2-3-6(8)5-7/h2-5H,1H3,(H2,9,11,12). The summed E-state index contributed by atoms with van der Waals surface area (Å²) in [5, 5.41) is 4.96. The van der Waals surface area contributed by atoms with Crippen LogP contribution in [0.15, 0.2) is 24.3 Å². The van der Waals surface area contributed by atoms with Crippen LogP contribution >= 0.6 is 22.6 Å². The van der Waals surface area contributed by atoms with E-state index in [4.69, 9.17) is 5.14 Å². The third kappa shape index (κ3) is 2.82. The lowest BCUT2D eigenvalue weighted by atomic mass is 10.3. The van der Waals surface area contributed by atoms with Crippen LogP contribution in [0.5, 0.6) is 0 Å². The number of nitrogens with two attached hydrogens (primary N) is 1. The van der Waals surface area contributed by atoms with E-state index >= 15 is 0 Å². The number of anilines is 1. The highest BCUT2D eigenvalue weighted by Crippen LogP contribution is 2.17. The lowest BCUT2D eigenvalue weighted by Gasteiger charge is -2.15. The zero-order valence-electron chi connectivity index (χ0n) is 6.94. The van der Waals surface area contributed by atoms with Crippen molar-refractivity contribution < 1.29 is 8.42 Å². The van der Waals surface area contributed by atoms with Gasteiger partial charge in [0, 0.05) is 10.6 Å². The first-order valence-electron chi connectivity index (χ1n) is 3.43. The summed E-state index contributed by atoms with van der Waals surface area (Å²) in [5.41, 5.74) is 0.564. The second-order valence-corrected chi connectivity index (χ2v) is 5.32. The van der Waals surface area contributed by atoms with Gasteiger partial charge in [0.1, 0.15) is 0 Å². The van der Waals surface area contributed by atoms with Gasteiger partial charge >= 0.3 is 0 Å². The summed E-state index contributed by atoms with van der Waals surface area (Å²) in [7, 11) is -2.23. The normalized spacial score (nSPS) is 11.3. The lowest BCUT2D eigenvalue weighted by molar-refractivity contribution is 0.596. The Morgan fingerprint density at radius 1 is 1.46 bits per heavy atom. The molecule has 0 saturated carbocycles. The summed E-state index contributed by atoms with van der Waals surface area (Å²) in [6.45, 7) is 0. The third-order valence-corrected chi connectivity index (χ3v) is 3.20. The number of hydrogen-bond donors (Lipinski definition) is 1. The molecule has 13 heavy (non-hydrogen) atoms. The van der Waals surface area contributed by atoms with Gasteiger partial charge in [-0.1, -0.05) is 6.07 Å². The molecule has 0 aliphatic rings. The second-order valence-electron chi connectivity index (χ2n) is 2.49. The first-order chi connectivity index (χ1) is 5.91. The smallest absolute Gasteiger partial charge is 0.261 e. The fourth-order valence-electron chi connectivity index (χ4n) is 0.819. The highest BCUT2D eigenvalue weighted by atomic mass is 127. The average molecular weight is 312 g/mol. The third-order valence-electron chi connectivity index (χ3n) is 1.55. The molecular formula is C7H9IN2O2S. The first kappa shape index (κ1) is 10.7. The Balaban J connectivity index is 3.10. The molecule has 0 aliphatic carbocycles. The first-order valence-corrected chi connectivity index (χ1v) is 6.01. The molecule has 4 nitrogen and oxygen atoms in total. The summed E-state index contributed by atoms with van der Waals surface area (Å²) in [6.07, 6.45) is 0. The molecule has 0 fully saturated rings. The summed E-state index contributed by atoms with van der Waals surface area (Å²) >= 11 is 2.10. The molecule has 6 heteroatoms. The molecule has 1 rings (SSSR count). The number of benzene rings is 1. The molecule has 0 aromatic heterocycles. The Morgan fingerprint density at radius 2 is 2.08 bits per heavy atom. The lowest BCUT2D eigenvalue weighted by Crippen LogP contribution is -2.33. The van der Waals surface area contributed by atoms with Crippen molar-refractivity contribution in [1.29, 1.82) is 0 Å². The molecule has 0 radical (unpaired) electrons. The second kappa shape index (κ2) is 3.81. The molecule has 0 unspecified atom stereocenters. The minimum absolute atomic E-state index is 0.564. The van der Waals surface area contributed by atoms with Gasteiger partial charge in [-0.2, -0.15) is 8.42 Å². The quantitative estimate of drug-likeness (QED) is 0.826. The Morgan fingerprint density at radius 3 is 2.54 bits per heavy atom. The summed E-state index contributed by atoms with van der Waals surface area (Å²) in [5.74, 6) is 0. The highest BCUT2D eigenvalue weighted by molar-refractivity contribution is 14.1. The predicted molar refractivity (Wildman–Crippen MR) is 60.7 cm³/mol. The SMILES string of the molecule is CN(c1cccc(I)c1)S(N)(=O)=O. The fourth-order valence-corrected chi connectivity index (χ4v) is 1.75. The molecule has 0 aliphatic heterocycles. The largest absolute Gasteiger partial charge is 0.298 e. The van der Waals surface area contributed by atoms with E-state index in [1.165, 1.54) is 7.05 Å². The molecule has 72 valence electrons. The van der Waals surface area contributed by atoms with Gasteiger partial charge in [0.15, 0.2) is 0 Å². The molecule has 0 amide bonds. The molecule has 1 aromatic rings. The van der Waals surface area contributed by atoms with Crippen molar-refractivity contribution in [3.63, 3.8) is 0 Å². The predicted octanol–water partition coefficient (Wildman–Crippen LogP) is 0.931. The maximum atomic E-state index is 10.9. The van der Waals surface area contributed by atoms with E-state index in [1.54, 1.807) is 18.2 Å². The van der Waals surface area contributed by atoms with Gasteiger partial charge in [0.05, 0.1) is 5.69 Å². The Kier molecular flexibility index (Phi) is 3.14. The van der Waals surface area contributed by atoms with Gasteiger partial charge in [0.2, 0.25) is 0 Å². The molecule has 1 aromatic carbocycles. The van der Waals surface area contributed by atoms with Crippen molar-refractivity contribution in [2.75, 3.05) is 11.4 Å². The van der Waals surface area contributed by atoms with Gasteiger partial charge in [-0.15, -0.1) is 0 Å². The van der Waals surface area contributed by atoms with Gasteiger partial charge in [-0.25, -0.2) is 5.14 Å². The average Bonchev–Trinajstić information content (AvgIpc) is 2.01. The van der Waals surface area contributed by atoms with Crippen LogP contribution in [-0.4, -0.2) is 15.5 Å². The maximum absolute atomic E-state index is 10.9. The molecule has 2 N–H and O–H groups in total. The summed E-state index contributed by atoms with van der Waals surface area (Å²) in [4.78, 5) is 0. The molecule has 0 atom stereocenters. The van der Waals surface area contributed by atoms with Crippen molar-refractivity contribution in [2.45, 2.75) is 0 Å². The van der Waals surface area contributed by atoms with E-state index in [-0.39, 0.29) is 0 Å². The van der Waals surface area contributed by atoms with E-state index in [9.17, 15) is 8.42 Å². The van der Waals surface area contributed by atoms with Crippen LogP contribution in [0.25, 0.3) is 0 Å². The van der Waals surface area contributed by atoms with Crippen LogP contribution in [0.3, 0.4) is 0 Å². The molecular weight excluding hydrogens is 303 g/mol. The van der Waals surface area contributed by atoms with Gasteiger partial charge < -0.3 is 0 Å². The topological polar surface area (TPSA) is 63.4 Å². The molecule has 0 bridgehead atoms. The van der Waals surface area contributed by atoms with Crippen molar-refractivity contribution in [3.05, 3.63) is 27.8 Å². The van der Waals surface area contributed by atoms with Crippen molar-refractivity contribution in [1.82, 2.24) is 0 Å². The van der Waals surface area contributed by atoms with E-state index < -0.39 is 10.2 Å². The van der Waals surface area contributed by atoms with Gasteiger partial charge in [-0.05, 0) is 40.8 Å². The minimum atomic E-state index is -3.64. The number of nitrogens with zero attached hydrogens (tertiary/aromatic N) is 1. The molecule has 0 saturated heterocycles. The number of halogens is 1. The Labute approximate surface area is 91.1 Å². The van der Waals surface area contributed by atoms with E-state index in [0.717, 1.165) is 7.88 Å². The number of hydrogen-bond acceptors (Lipinski definition) is 2. The van der Waals surface area contributed by atoms with Crippen molar-refractivity contribution in [3.8, 4) is 0 Å². The van der Waals surface area contributed by atoms with Gasteiger partial charge in [-0.3, -0.25) is 4.31 Å². The minimum Gasteiger partial charge on any atom is -0.261 e. The van der Waals surface area contributed by atoms with E-state index in [0.29, 0.717) is 5.69 Å². The Hall–Kier alpha value is -0.340. The zero-order chi connectivity index (χ0) is 10.1. The Bertz CT molecular complexity index is 405. The highest BCUT2D eigenvalue weighted by Gasteiger charge is 2.11. The zero-order valence-corrected chi connectivity index (χ0v) is 9.91.